The second kappa shape index (κ2) is 6.03. The molecule has 1 aromatic rings. The molecule has 0 radical (unpaired) electrons. The minimum atomic E-state index is -0.0431. The molecule has 2 saturated carbocycles. The molecule has 25 heavy (non-hydrogen) atoms. The number of hydrogen-bond acceptors (Lipinski definition) is 3. The van der Waals surface area contributed by atoms with Crippen molar-refractivity contribution in [3.8, 4) is 5.75 Å². The first-order valence-electron chi connectivity index (χ1n) is 9.85. The number of aromatic hydroxyl groups is 1. The Kier molecular flexibility index (Phi) is 4.09. The van der Waals surface area contributed by atoms with Crippen molar-refractivity contribution in [1.29, 1.82) is 0 Å². The lowest BCUT2D eigenvalue weighted by Crippen LogP contribution is -2.44. The number of carbonyl (C=O) groups excluding carboxylic acids is 1. The normalized spacial score (nSPS) is 37.6. The number of phenols is 1. The van der Waals surface area contributed by atoms with E-state index in [1.165, 1.54) is 43.9 Å². The number of methoxy groups -OCH3 is 1. The highest BCUT2D eigenvalue weighted by Crippen LogP contribution is 2.64. The lowest BCUT2D eigenvalue weighted by atomic mass is 9.53. The molecule has 6 atom stereocenters. The lowest BCUT2D eigenvalue weighted by Gasteiger charge is -2.51. The largest absolute Gasteiger partial charge is 0.508 e. The van der Waals surface area contributed by atoms with Gasteiger partial charge in [0.1, 0.15) is 5.75 Å². The van der Waals surface area contributed by atoms with Gasteiger partial charge in [0.15, 0.2) is 0 Å². The Morgan fingerprint density at radius 3 is 2.84 bits per heavy atom. The first-order chi connectivity index (χ1) is 12.0. The van der Waals surface area contributed by atoms with E-state index in [4.69, 9.17) is 4.74 Å². The molecule has 0 bridgehead atoms. The van der Waals surface area contributed by atoms with E-state index in [0.717, 1.165) is 18.8 Å². The summed E-state index contributed by atoms with van der Waals surface area (Å²) in [6.45, 7) is 4.51. The molecule has 1 N–H and O–H groups in total. The number of benzene rings is 1. The van der Waals surface area contributed by atoms with Crippen molar-refractivity contribution in [3.63, 3.8) is 0 Å². The van der Waals surface area contributed by atoms with E-state index in [2.05, 4.69) is 19.9 Å². The fourth-order valence-corrected chi connectivity index (χ4v) is 6.78. The predicted molar refractivity (Wildman–Crippen MR) is 97.4 cm³/mol. The zero-order valence-corrected chi connectivity index (χ0v) is 15.6. The number of fused-ring (bicyclic) bond motifs is 5. The van der Waals surface area contributed by atoms with E-state index in [1.54, 1.807) is 0 Å². The van der Waals surface area contributed by atoms with Crippen LogP contribution in [-0.4, -0.2) is 18.2 Å². The Hall–Kier alpha value is -1.51. The van der Waals surface area contributed by atoms with Gasteiger partial charge in [0.25, 0.3) is 0 Å². The fourth-order valence-electron chi connectivity index (χ4n) is 6.78. The summed E-state index contributed by atoms with van der Waals surface area (Å²) in [5.41, 5.74) is 3.09. The summed E-state index contributed by atoms with van der Waals surface area (Å²) >= 11 is 0. The van der Waals surface area contributed by atoms with Crippen LogP contribution in [0.2, 0.25) is 0 Å². The molecule has 136 valence electrons. The van der Waals surface area contributed by atoms with Crippen LogP contribution in [0, 0.1) is 29.1 Å². The number of rotatable bonds is 2. The van der Waals surface area contributed by atoms with Crippen LogP contribution in [-0.2, 0) is 16.0 Å². The first-order valence-corrected chi connectivity index (χ1v) is 9.85. The van der Waals surface area contributed by atoms with E-state index in [0.29, 0.717) is 23.5 Å². The molecule has 0 amide bonds. The molecule has 0 spiro atoms. The van der Waals surface area contributed by atoms with Gasteiger partial charge in [0.05, 0.1) is 13.0 Å². The summed E-state index contributed by atoms with van der Waals surface area (Å²) in [5.74, 6) is 2.88. The molecule has 0 aliphatic heterocycles. The Morgan fingerprint density at radius 2 is 2.08 bits per heavy atom. The van der Waals surface area contributed by atoms with Gasteiger partial charge in [0, 0.05) is 0 Å². The van der Waals surface area contributed by atoms with Crippen LogP contribution in [0.5, 0.6) is 5.75 Å². The zero-order valence-electron chi connectivity index (χ0n) is 15.6. The molecule has 3 heteroatoms. The van der Waals surface area contributed by atoms with Crippen LogP contribution in [0.4, 0.5) is 0 Å². The topological polar surface area (TPSA) is 46.5 Å². The third-order valence-corrected chi connectivity index (χ3v) is 7.96. The fraction of sp³-hybridized carbons (Fsp3) is 0.682. The Morgan fingerprint density at radius 1 is 1.28 bits per heavy atom. The minimum Gasteiger partial charge on any atom is -0.508 e. The van der Waals surface area contributed by atoms with E-state index in [-0.39, 0.29) is 17.3 Å². The van der Waals surface area contributed by atoms with Crippen LogP contribution in [0.25, 0.3) is 0 Å². The maximum absolute atomic E-state index is 12.1. The summed E-state index contributed by atoms with van der Waals surface area (Å²) in [6, 6.07) is 5.98. The average molecular weight is 342 g/mol. The number of aryl methyl sites for hydroxylation is 1. The lowest BCUT2D eigenvalue weighted by molar-refractivity contribution is -0.149. The number of ether oxygens (including phenoxy) is 1. The molecule has 0 heterocycles. The van der Waals surface area contributed by atoms with Crippen LogP contribution in [0.3, 0.4) is 0 Å². The van der Waals surface area contributed by atoms with Gasteiger partial charge in [-0.3, -0.25) is 4.79 Å². The summed E-state index contributed by atoms with van der Waals surface area (Å²) in [6.07, 6.45) is 7.11. The summed E-state index contributed by atoms with van der Waals surface area (Å²) in [4.78, 5) is 12.1. The van der Waals surface area contributed by atoms with E-state index in [9.17, 15) is 9.90 Å². The molecular weight excluding hydrogens is 312 g/mol. The van der Waals surface area contributed by atoms with Gasteiger partial charge < -0.3 is 9.84 Å². The van der Waals surface area contributed by atoms with Gasteiger partial charge in [-0.1, -0.05) is 19.9 Å². The van der Waals surface area contributed by atoms with Gasteiger partial charge in [0.2, 0.25) is 0 Å². The standard InChI is InChI=1S/C22H30O3/c1-13(21(24)25-3)19-8-9-20-18-6-4-14-12-15(23)5-7-16(14)17(18)10-11-22(19,20)2/h5,7,12-13,17-20,23H,4,6,8-11H2,1-3H3. The summed E-state index contributed by atoms with van der Waals surface area (Å²) < 4.78 is 5.05. The summed E-state index contributed by atoms with van der Waals surface area (Å²) in [5, 5.41) is 9.80. The second-order valence-corrected chi connectivity index (χ2v) is 8.84. The maximum Gasteiger partial charge on any atom is 0.308 e. The Bertz CT molecular complexity index is 682. The van der Waals surface area contributed by atoms with Crippen molar-refractivity contribution >= 4 is 5.97 Å². The van der Waals surface area contributed by atoms with Crippen LogP contribution in [0.15, 0.2) is 18.2 Å². The number of carbonyl (C=O) groups is 1. The molecule has 3 aliphatic rings. The molecule has 4 rings (SSSR count). The van der Waals surface area contributed by atoms with Crippen LogP contribution < -0.4 is 0 Å². The third kappa shape index (κ3) is 2.50. The Balaban J connectivity index is 1.62. The van der Waals surface area contributed by atoms with Crippen LogP contribution in [0.1, 0.15) is 63.0 Å². The monoisotopic (exact) mass is 342 g/mol. The van der Waals surface area contributed by atoms with Crippen molar-refractivity contribution in [2.75, 3.05) is 7.11 Å². The molecule has 3 aliphatic carbocycles. The quantitative estimate of drug-likeness (QED) is 0.794. The second-order valence-electron chi connectivity index (χ2n) is 8.84. The van der Waals surface area contributed by atoms with Crippen molar-refractivity contribution in [1.82, 2.24) is 0 Å². The van der Waals surface area contributed by atoms with Gasteiger partial charge in [-0.15, -0.1) is 0 Å². The Labute approximate surface area is 150 Å². The summed E-state index contributed by atoms with van der Waals surface area (Å²) in [7, 11) is 1.51. The van der Waals surface area contributed by atoms with Gasteiger partial charge in [-0.05, 0) is 90.9 Å². The average Bonchev–Trinajstić information content (AvgIpc) is 2.97. The van der Waals surface area contributed by atoms with Crippen LogP contribution >= 0.6 is 0 Å². The molecular formula is C22H30O3. The predicted octanol–water partition coefficient (Wildman–Crippen LogP) is 4.67. The minimum absolute atomic E-state index is 0.00405. The number of hydrogen-bond donors (Lipinski definition) is 1. The highest BCUT2D eigenvalue weighted by Gasteiger charge is 2.56. The van der Waals surface area contributed by atoms with Crippen molar-refractivity contribution in [3.05, 3.63) is 29.3 Å². The highest BCUT2D eigenvalue weighted by atomic mass is 16.5. The van der Waals surface area contributed by atoms with E-state index in [1.807, 2.05) is 12.1 Å². The third-order valence-electron chi connectivity index (χ3n) is 7.96. The highest BCUT2D eigenvalue weighted by molar-refractivity contribution is 5.72. The number of esters is 1. The molecule has 0 aromatic heterocycles. The number of phenolic OH excluding ortho intramolecular Hbond substituents is 1. The molecule has 6 unspecified atom stereocenters. The zero-order chi connectivity index (χ0) is 17.8. The smallest absolute Gasteiger partial charge is 0.308 e. The SMILES string of the molecule is COC(=O)C(C)C1CCC2C3CCc4cc(O)ccc4C3CCC12C. The van der Waals surface area contributed by atoms with Crippen molar-refractivity contribution < 1.29 is 14.6 Å². The van der Waals surface area contributed by atoms with Gasteiger partial charge >= 0.3 is 5.97 Å². The maximum atomic E-state index is 12.1. The van der Waals surface area contributed by atoms with Crippen molar-refractivity contribution in [2.45, 2.75) is 58.3 Å². The van der Waals surface area contributed by atoms with E-state index < -0.39 is 0 Å². The first kappa shape index (κ1) is 16.9. The molecule has 2 fully saturated rings. The van der Waals surface area contributed by atoms with Gasteiger partial charge in [-0.2, -0.15) is 0 Å². The van der Waals surface area contributed by atoms with E-state index >= 15 is 0 Å². The molecule has 1 aromatic carbocycles. The van der Waals surface area contributed by atoms with Gasteiger partial charge in [-0.25, -0.2) is 0 Å². The van der Waals surface area contributed by atoms with Crippen molar-refractivity contribution in [2.24, 2.45) is 29.1 Å². The molecule has 3 nitrogen and oxygen atoms in total. The molecule has 0 saturated heterocycles.